The van der Waals surface area contributed by atoms with Crippen LogP contribution in [0.3, 0.4) is 0 Å². The van der Waals surface area contributed by atoms with Gasteiger partial charge in [0, 0.05) is 38.1 Å². The minimum atomic E-state index is -4.04. The molecule has 1 atom stereocenters. The first-order valence-electron chi connectivity index (χ1n) is 7.62. The van der Waals surface area contributed by atoms with E-state index in [1.165, 1.54) is 4.31 Å². The Bertz CT molecular complexity index is 811. The van der Waals surface area contributed by atoms with E-state index in [0.29, 0.717) is 18.4 Å². The van der Waals surface area contributed by atoms with Gasteiger partial charge in [0.2, 0.25) is 10.0 Å². The van der Waals surface area contributed by atoms with E-state index in [1.54, 1.807) is 12.4 Å². The van der Waals surface area contributed by atoms with E-state index in [-0.39, 0.29) is 19.1 Å². The summed E-state index contributed by atoms with van der Waals surface area (Å²) < 4.78 is 53.7. The highest BCUT2D eigenvalue weighted by atomic mass is 32.2. The Labute approximate surface area is 139 Å². The second kappa shape index (κ2) is 6.58. The van der Waals surface area contributed by atoms with Crippen LogP contribution >= 0.6 is 0 Å². The normalized spacial score (nSPS) is 20.4. The standard InChI is InChI=1S/C15H18F2N4O2S/c1-2-20-7-8-21(10-13(20)15-18-5-6-19-15)24(22,23)14-4-3-11(16)9-12(14)17/h3-6,9,13H,2,7-8,10H2,1H3,(H,18,19)/t13-/m1/s1. The van der Waals surface area contributed by atoms with Crippen molar-refractivity contribution in [3.05, 3.63) is 48.1 Å². The number of benzene rings is 1. The molecule has 0 spiro atoms. The van der Waals surface area contributed by atoms with Crippen LogP contribution in [0.25, 0.3) is 0 Å². The molecule has 2 aromatic rings. The van der Waals surface area contributed by atoms with Crippen molar-refractivity contribution in [1.82, 2.24) is 19.2 Å². The third-order valence-electron chi connectivity index (χ3n) is 4.21. The molecule has 1 aromatic carbocycles. The van der Waals surface area contributed by atoms with Crippen LogP contribution in [-0.4, -0.2) is 53.8 Å². The van der Waals surface area contributed by atoms with Crippen molar-refractivity contribution in [1.29, 1.82) is 0 Å². The first kappa shape index (κ1) is 17.0. The fraction of sp³-hybridized carbons (Fsp3) is 0.400. The van der Waals surface area contributed by atoms with E-state index in [4.69, 9.17) is 0 Å². The molecule has 1 aromatic heterocycles. The van der Waals surface area contributed by atoms with Gasteiger partial charge < -0.3 is 4.98 Å². The number of piperazine rings is 1. The first-order valence-corrected chi connectivity index (χ1v) is 9.06. The molecule has 0 aliphatic carbocycles. The molecule has 1 aliphatic heterocycles. The Kier molecular flexibility index (Phi) is 4.66. The number of hydrogen-bond acceptors (Lipinski definition) is 4. The molecule has 24 heavy (non-hydrogen) atoms. The fourth-order valence-corrected chi connectivity index (χ4v) is 4.42. The van der Waals surface area contributed by atoms with Crippen molar-refractivity contribution in [3.8, 4) is 0 Å². The Morgan fingerprint density at radius 1 is 1.33 bits per heavy atom. The van der Waals surface area contributed by atoms with E-state index in [0.717, 1.165) is 18.7 Å². The molecule has 0 amide bonds. The Hall–Kier alpha value is -1.84. The monoisotopic (exact) mass is 356 g/mol. The van der Waals surface area contributed by atoms with Gasteiger partial charge in [0.25, 0.3) is 0 Å². The number of rotatable bonds is 4. The number of sulfonamides is 1. The lowest BCUT2D eigenvalue weighted by Crippen LogP contribution is -2.50. The molecule has 0 radical (unpaired) electrons. The SMILES string of the molecule is CCN1CCN(S(=O)(=O)c2ccc(F)cc2F)C[C@@H]1c1ncc[nH]1. The Balaban J connectivity index is 1.91. The summed E-state index contributed by atoms with van der Waals surface area (Å²) in [6.07, 6.45) is 3.28. The average Bonchev–Trinajstić information content (AvgIpc) is 3.08. The van der Waals surface area contributed by atoms with E-state index < -0.39 is 26.6 Å². The van der Waals surface area contributed by atoms with Crippen LogP contribution in [0.15, 0.2) is 35.5 Å². The molecule has 1 saturated heterocycles. The number of H-pyrrole nitrogens is 1. The molecule has 3 rings (SSSR count). The summed E-state index contributed by atoms with van der Waals surface area (Å²) in [5.41, 5.74) is 0. The summed E-state index contributed by atoms with van der Waals surface area (Å²) in [6, 6.07) is 2.26. The van der Waals surface area contributed by atoms with Gasteiger partial charge in [0.15, 0.2) is 0 Å². The molecule has 1 fully saturated rings. The Morgan fingerprint density at radius 3 is 2.75 bits per heavy atom. The smallest absolute Gasteiger partial charge is 0.246 e. The van der Waals surface area contributed by atoms with Gasteiger partial charge in [-0.25, -0.2) is 22.2 Å². The van der Waals surface area contributed by atoms with Gasteiger partial charge in [-0.2, -0.15) is 4.31 Å². The summed E-state index contributed by atoms with van der Waals surface area (Å²) in [5, 5.41) is 0. The van der Waals surface area contributed by atoms with Crippen LogP contribution in [0.1, 0.15) is 18.8 Å². The minimum Gasteiger partial charge on any atom is -0.347 e. The van der Waals surface area contributed by atoms with E-state index >= 15 is 0 Å². The van der Waals surface area contributed by atoms with Crippen LogP contribution in [0.5, 0.6) is 0 Å². The van der Waals surface area contributed by atoms with Crippen molar-refractivity contribution in [2.24, 2.45) is 0 Å². The van der Waals surface area contributed by atoms with Crippen LogP contribution in [0.2, 0.25) is 0 Å². The predicted molar refractivity (Wildman–Crippen MR) is 83.7 cm³/mol. The summed E-state index contributed by atoms with van der Waals surface area (Å²) in [7, 11) is -4.04. The van der Waals surface area contributed by atoms with Gasteiger partial charge in [-0.3, -0.25) is 4.90 Å². The molecule has 1 N–H and O–H groups in total. The number of aromatic amines is 1. The topological polar surface area (TPSA) is 69.3 Å². The molecule has 130 valence electrons. The lowest BCUT2D eigenvalue weighted by molar-refractivity contribution is 0.119. The number of halogens is 2. The van der Waals surface area contributed by atoms with Crippen molar-refractivity contribution < 1.29 is 17.2 Å². The molecular formula is C15H18F2N4O2S. The lowest BCUT2D eigenvalue weighted by Gasteiger charge is -2.39. The van der Waals surface area contributed by atoms with Crippen molar-refractivity contribution in [2.45, 2.75) is 17.9 Å². The highest BCUT2D eigenvalue weighted by molar-refractivity contribution is 7.89. The summed E-state index contributed by atoms with van der Waals surface area (Å²) in [4.78, 5) is 8.81. The quantitative estimate of drug-likeness (QED) is 0.906. The third kappa shape index (κ3) is 3.06. The van der Waals surface area contributed by atoms with Gasteiger partial charge in [-0.05, 0) is 18.7 Å². The molecule has 9 heteroatoms. The maximum absolute atomic E-state index is 13.9. The fourth-order valence-electron chi connectivity index (χ4n) is 2.93. The third-order valence-corrected chi connectivity index (χ3v) is 6.11. The van der Waals surface area contributed by atoms with Crippen molar-refractivity contribution in [3.63, 3.8) is 0 Å². The van der Waals surface area contributed by atoms with Gasteiger partial charge in [-0.15, -0.1) is 0 Å². The average molecular weight is 356 g/mol. The van der Waals surface area contributed by atoms with E-state index in [9.17, 15) is 17.2 Å². The predicted octanol–water partition coefficient (Wildman–Crippen LogP) is 1.76. The summed E-state index contributed by atoms with van der Waals surface area (Å²) in [6.45, 7) is 3.62. The van der Waals surface area contributed by atoms with Crippen molar-refractivity contribution in [2.75, 3.05) is 26.2 Å². The number of likely N-dealkylation sites (N-methyl/N-ethyl adjacent to an activating group) is 1. The zero-order valence-electron chi connectivity index (χ0n) is 13.1. The number of aromatic nitrogens is 2. The molecule has 1 aliphatic rings. The highest BCUT2D eigenvalue weighted by Crippen LogP contribution is 2.28. The van der Waals surface area contributed by atoms with E-state index in [2.05, 4.69) is 14.9 Å². The van der Waals surface area contributed by atoms with E-state index in [1.807, 2.05) is 6.92 Å². The molecule has 0 saturated carbocycles. The minimum absolute atomic E-state index is 0.153. The second-order valence-electron chi connectivity index (χ2n) is 5.56. The maximum Gasteiger partial charge on any atom is 0.246 e. The number of hydrogen-bond donors (Lipinski definition) is 1. The number of imidazole rings is 1. The largest absolute Gasteiger partial charge is 0.347 e. The van der Waals surface area contributed by atoms with Gasteiger partial charge in [0.1, 0.15) is 22.4 Å². The molecule has 0 bridgehead atoms. The summed E-state index contributed by atoms with van der Waals surface area (Å²) >= 11 is 0. The molecule has 6 nitrogen and oxygen atoms in total. The Morgan fingerprint density at radius 2 is 2.12 bits per heavy atom. The number of nitrogens with zero attached hydrogens (tertiary/aromatic N) is 3. The lowest BCUT2D eigenvalue weighted by atomic mass is 10.2. The maximum atomic E-state index is 13.9. The van der Waals surface area contributed by atoms with Gasteiger partial charge in [-0.1, -0.05) is 6.92 Å². The van der Waals surface area contributed by atoms with Gasteiger partial charge >= 0.3 is 0 Å². The zero-order valence-corrected chi connectivity index (χ0v) is 13.9. The van der Waals surface area contributed by atoms with Crippen LogP contribution in [0, 0.1) is 11.6 Å². The molecular weight excluding hydrogens is 338 g/mol. The van der Waals surface area contributed by atoms with Crippen LogP contribution in [0.4, 0.5) is 8.78 Å². The molecule has 0 unspecified atom stereocenters. The zero-order chi connectivity index (χ0) is 17.3. The first-order chi connectivity index (χ1) is 11.4. The van der Waals surface area contributed by atoms with Crippen LogP contribution < -0.4 is 0 Å². The second-order valence-corrected chi connectivity index (χ2v) is 7.46. The number of nitrogens with one attached hydrogen (secondary N) is 1. The van der Waals surface area contributed by atoms with Crippen LogP contribution in [-0.2, 0) is 10.0 Å². The molecule has 2 heterocycles. The summed E-state index contributed by atoms with van der Waals surface area (Å²) in [5.74, 6) is -1.23. The highest BCUT2D eigenvalue weighted by Gasteiger charge is 2.36. The van der Waals surface area contributed by atoms with Crippen molar-refractivity contribution >= 4 is 10.0 Å². The van der Waals surface area contributed by atoms with Gasteiger partial charge in [0.05, 0.1) is 6.04 Å².